The van der Waals surface area contributed by atoms with Gasteiger partial charge >= 0.3 is 12.0 Å². The van der Waals surface area contributed by atoms with E-state index in [2.05, 4.69) is 16.6 Å². The van der Waals surface area contributed by atoms with Crippen molar-refractivity contribution in [3.63, 3.8) is 0 Å². The van der Waals surface area contributed by atoms with Crippen LogP contribution in [0.5, 0.6) is 0 Å². The van der Waals surface area contributed by atoms with Gasteiger partial charge in [-0.3, -0.25) is 0 Å². The second-order valence-electron chi connectivity index (χ2n) is 3.40. The van der Waals surface area contributed by atoms with E-state index in [1.54, 1.807) is 24.3 Å². The molecule has 94 valence electrons. The van der Waals surface area contributed by atoms with Crippen molar-refractivity contribution in [2.24, 2.45) is 0 Å². The number of carboxylic acid groups (broad SMARTS) is 1. The summed E-state index contributed by atoms with van der Waals surface area (Å²) in [4.78, 5) is 22.0. The Balaban J connectivity index is 2.64. The summed E-state index contributed by atoms with van der Waals surface area (Å²) in [5, 5.41) is 21.9. The third-order valence-electron chi connectivity index (χ3n) is 2.07. The minimum Gasteiger partial charge on any atom is -0.480 e. The van der Waals surface area contributed by atoms with E-state index >= 15 is 0 Å². The molecule has 1 atom stereocenters. The van der Waals surface area contributed by atoms with Crippen molar-refractivity contribution in [2.75, 3.05) is 11.9 Å². The average molecular weight is 248 g/mol. The Morgan fingerprint density at radius 1 is 1.44 bits per heavy atom. The Labute approximate surface area is 104 Å². The number of aliphatic hydroxyl groups is 1. The number of terminal acetylenes is 1. The van der Waals surface area contributed by atoms with Crippen LogP contribution in [0.1, 0.15) is 5.56 Å². The quantitative estimate of drug-likeness (QED) is 0.573. The fraction of sp³-hybridized carbons (Fsp3) is 0.167. The molecule has 0 aliphatic heterocycles. The summed E-state index contributed by atoms with van der Waals surface area (Å²) < 4.78 is 0. The summed E-state index contributed by atoms with van der Waals surface area (Å²) in [6.45, 7) is -0.687. The third kappa shape index (κ3) is 3.81. The lowest BCUT2D eigenvalue weighted by Gasteiger charge is -2.12. The van der Waals surface area contributed by atoms with Crippen LogP contribution in [-0.4, -0.2) is 34.9 Å². The highest BCUT2D eigenvalue weighted by Gasteiger charge is 2.18. The van der Waals surface area contributed by atoms with E-state index in [4.69, 9.17) is 16.6 Å². The van der Waals surface area contributed by atoms with E-state index in [-0.39, 0.29) is 0 Å². The van der Waals surface area contributed by atoms with Crippen LogP contribution >= 0.6 is 0 Å². The molecule has 0 aliphatic rings. The molecular formula is C12H12N2O4. The predicted molar refractivity (Wildman–Crippen MR) is 65.0 cm³/mol. The topological polar surface area (TPSA) is 98.7 Å². The van der Waals surface area contributed by atoms with E-state index in [1.165, 1.54) is 0 Å². The van der Waals surface area contributed by atoms with Crippen LogP contribution in [-0.2, 0) is 4.79 Å². The van der Waals surface area contributed by atoms with E-state index in [1.807, 2.05) is 0 Å². The van der Waals surface area contributed by atoms with Gasteiger partial charge in [0.15, 0.2) is 6.04 Å². The first kappa shape index (κ1) is 13.5. The van der Waals surface area contributed by atoms with Gasteiger partial charge in [0.2, 0.25) is 0 Å². The van der Waals surface area contributed by atoms with Crippen molar-refractivity contribution >= 4 is 17.7 Å². The minimum absolute atomic E-state index is 0.435. The maximum atomic E-state index is 11.4. The summed E-state index contributed by atoms with van der Waals surface area (Å²) in [6.07, 6.45) is 5.20. The van der Waals surface area contributed by atoms with Crippen molar-refractivity contribution < 1.29 is 19.8 Å². The molecule has 2 amide bonds. The minimum atomic E-state index is -1.35. The number of aliphatic hydroxyl groups excluding tert-OH is 1. The van der Waals surface area contributed by atoms with Gasteiger partial charge in [0.25, 0.3) is 0 Å². The normalized spacial score (nSPS) is 11.1. The second kappa shape index (κ2) is 6.27. The van der Waals surface area contributed by atoms with E-state index in [9.17, 15) is 9.59 Å². The van der Waals surface area contributed by atoms with E-state index in [0.29, 0.717) is 11.3 Å². The predicted octanol–water partition coefficient (Wildman–Crippen LogP) is 0.235. The largest absolute Gasteiger partial charge is 0.480 e. The third-order valence-corrected chi connectivity index (χ3v) is 2.07. The smallest absolute Gasteiger partial charge is 0.328 e. The van der Waals surface area contributed by atoms with Gasteiger partial charge < -0.3 is 20.8 Å². The highest BCUT2D eigenvalue weighted by Crippen LogP contribution is 2.09. The SMILES string of the molecule is C#Cc1cccc(NC(=O)NC(CO)C(=O)O)c1. The molecule has 1 rings (SSSR count). The highest BCUT2D eigenvalue weighted by molar-refractivity contribution is 5.92. The molecule has 1 unspecified atom stereocenters. The lowest BCUT2D eigenvalue weighted by atomic mass is 10.2. The maximum absolute atomic E-state index is 11.4. The van der Waals surface area contributed by atoms with Gasteiger partial charge in [-0.2, -0.15) is 0 Å². The molecule has 0 heterocycles. The number of urea groups is 1. The van der Waals surface area contributed by atoms with Crippen LogP contribution in [0.25, 0.3) is 0 Å². The molecule has 6 nitrogen and oxygen atoms in total. The Morgan fingerprint density at radius 2 is 2.17 bits per heavy atom. The molecule has 0 bridgehead atoms. The number of amides is 2. The molecule has 0 fully saturated rings. The lowest BCUT2D eigenvalue weighted by molar-refractivity contribution is -0.140. The van der Waals surface area contributed by atoms with Crippen LogP contribution in [0.4, 0.5) is 10.5 Å². The number of hydrogen-bond acceptors (Lipinski definition) is 3. The summed E-state index contributed by atoms with van der Waals surface area (Å²) in [7, 11) is 0. The van der Waals surface area contributed by atoms with Crippen molar-refractivity contribution in [1.82, 2.24) is 5.32 Å². The Bertz CT molecular complexity index is 493. The number of carboxylic acids is 1. The van der Waals surface area contributed by atoms with Crippen molar-refractivity contribution in [1.29, 1.82) is 0 Å². The molecule has 0 aliphatic carbocycles. The van der Waals surface area contributed by atoms with Crippen LogP contribution in [0.2, 0.25) is 0 Å². The van der Waals surface area contributed by atoms with Gasteiger partial charge in [-0.05, 0) is 18.2 Å². The standard InChI is InChI=1S/C12H12N2O4/c1-2-8-4-3-5-9(6-8)13-12(18)14-10(7-15)11(16)17/h1,3-6,10,15H,7H2,(H,16,17)(H2,13,14,18). The number of hydrogen-bond donors (Lipinski definition) is 4. The van der Waals surface area contributed by atoms with Crippen molar-refractivity contribution in [2.45, 2.75) is 6.04 Å². The molecule has 1 aromatic rings. The molecule has 0 radical (unpaired) electrons. The van der Waals surface area contributed by atoms with Crippen molar-refractivity contribution in [3.8, 4) is 12.3 Å². The molecule has 6 heteroatoms. The first-order valence-corrected chi connectivity index (χ1v) is 5.04. The zero-order valence-electron chi connectivity index (χ0n) is 9.38. The van der Waals surface area contributed by atoms with E-state index in [0.717, 1.165) is 0 Å². The Hall–Kier alpha value is -2.52. The fourth-order valence-electron chi connectivity index (χ4n) is 1.20. The molecule has 0 saturated carbocycles. The molecule has 18 heavy (non-hydrogen) atoms. The number of carbonyl (C=O) groups excluding carboxylic acids is 1. The molecule has 1 aromatic carbocycles. The zero-order chi connectivity index (χ0) is 13.5. The van der Waals surface area contributed by atoms with Crippen LogP contribution in [0.3, 0.4) is 0 Å². The lowest BCUT2D eigenvalue weighted by Crippen LogP contribution is -2.45. The van der Waals surface area contributed by atoms with Gasteiger partial charge in [-0.15, -0.1) is 6.42 Å². The van der Waals surface area contributed by atoms with Crippen molar-refractivity contribution in [3.05, 3.63) is 29.8 Å². The second-order valence-corrected chi connectivity index (χ2v) is 3.40. The molecule has 0 aromatic heterocycles. The van der Waals surface area contributed by atoms with Crippen LogP contribution in [0.15, 0.2) is 24.3 Å². The summed E-state index contributed by atoms with van der Waals surface area (Å²) in [6, 6.07) is 4.44. The average Bonchev–Trinajstić information content (AvgIpc) is 2.35. The van der Waals surface area contributed by atoms with Gasteiger partial charge in [-0.25, -0.2) is 9.59 Å². The van der Waals surface area contributed by atoms with Gasteiger partial charge in [0, 0.05) is 11.3 Å². The first-order valence-electron chi connectivity index (χ1n) is 5.04. The molecular weight excluding hydrogens is 236 g/mol. The number of nitrogens with one attached hydrogen (secondary N) is 2. The van der Waals surface area contributed by atoms with E-state index < -0.39 is 24.6 Å². The number of carbonyl (C=O) groups is 2. The first-order chi connectivity index (χ1) is 8.56. The monoisotopic (exact) mass is 248 g/mol. The Kier molecular flexibility index (Phi) is 4.72. The molecule has 4 N–H and O–H groups in total. The van der Waals surface area contributed by atoms with Crippen LogP contribution < -0.4 is 10.6 Å². The number of rotatable bonds is 4. The van der Waals surface area contributed by atoms with Gasteiger partial charge in [0.1, 0.15) is 0 Å². The van der Waals surface area contributed by atoms with Crippen LogP contribution in [0, 0.1) is 12.3 Å². The summed E-state index contributed by atoms with van der Waals surface area (Å²) in [5.74, 6) is 1.09. The fourth-order valence-corrected chi connectivity index (χ4v) is 1.20. The maximum Gasteiger partial charge on any atom is 0.328 e. The Morgan fingerprint density at radius 3 is 2.72 bits per heavy atom. The highest BCUT2D eigenvalue weighted by atomic mass is 16.4. The molecule has 0 spiro atoms. The zero-order valence-corrected chi connectivity index (χ0v) is 9.38. The summed E-state index contributed by atoms with van der Waals surface area (Å²) >= 11 is 0. The number of benzene rings is 1. The summed E-state index contributed by atoms with van der Waals surface area (Å²) in [5.41, 5.74) is 1.02. The van der Waals surface area contributed by atoms with Gasteiger partial charge in [0.05, 0.1) is 6.61 Å². The van der Waals surface area contributed by atoms with Gasteiger partial charge in [-0.1, -0.05) is 12.0 Å². The molecule has 0 saturated heterocycles. The number of aliphatic carboxylic acids is 1. The number of anilines is 1.